The molecule has 1 heterocycles. The Labute approximate surface area is 167 Å². The second-order valence-electron chi connectivity index (χ2n) is 6.18. The predicted molar refractivity (Wildman–Crippen MR) is 116 cm³/mol. The highest BCUT2D eigenvalue weighted by atomic mass is 32.1. The number of anilines is 1. The van der Waals surface area contributed by atoms with Gasteiger partial charge >= 0.3 is 0 Å². The molecule has 4 rings (SSSR count). The van der Waals surface area contributed by atoms with Crippen LogP contribution in [0.5, 0.6) is 5.75 Å². The number of fused-ring (bicyclic) bond motifs is 2. The zero-order valence-electron chi connectivity index (χ0n) is 15.1. The van der Waals surface area contributed by atoms with Crippen molar-refractivity contribution in [2.45, 2.75) is 0 Å². The molecule has 2 N–H and O–H groups in total. The highest BCUT2D eigenvalue weighted by Gasteiger charge is 2.15. The monoisotopic (exact) mass is 387 g/mol. The topological polar surface area (TPSA) is 63.2 Å². The van der Waals surface area contributed by atoms with E-state index in [-0.39, 0.29) is 11.0 Å². The average Bonchev–Trinajstić information content (AvgIpc) is 2.73. The second-order valence-corrected chi connectivity index (χ2v) is 6.59. The van der Waals surface area contributed by atoms with Gasteiger partial charge in [0.1, 0.15) is 5.75 Å². The first-order valence-electron chi connectivity index (χ1n) is 8.68. The Morgan fingerprint density at radius 3 is 2.57 bits per heavy atom. The van der Waals surface area contributed by atoms with Crippen molar-refractivity contribution in [2.75, 3.05) is 12.4 Å². The number of benzene rings is 3. The average molecular weight is 387 g/mol. The van der Waals surface area contributed by atoms with Gasteiger partial charge in [-0.1, -0.05) is 30.3 Å². The molecule has 0 fully saturated rings. The molecule has 0 unspecified atom stereocenters. The van der Waals surface area contributed by atoms with Crippen LogP contribution in [0.3, 0.4) is 0 Å². The molecule has 0 bridgehead atoms. The van der Waals surface area contributed by atoms with E-state index in [1.165, 1.54) is 0 Å². The number of rotatable bonds is 3. The number of methoxy groups -OCH3 is 1. The Bertz CT molecular complexity index is 1200. The van der Waals surface area contributed by atoms with Gasteiger partial charge in [0.25, 0.3) is 5.91 Å². The van der Waals surface area contributed by atoms with E-state index in [1.54, 1.807) is 19.4 Å². The molecule has 0 atom stereocenters. The van der Waals surface area contributed by atoms with Gasteiger partial charge in [-0.05, 0) is 59.4 Å². The van der Waals surface area contributed by atoms with E-state index < -0.39 is 0 Å². The lowest BCUT2D eigenvalue weighted by molar-refractivity contribution is 0.0975. The smallest absolute Gasteiger partial charge is 0.261 e. The summed E-state index contributed by atoms with van der Waals surface area (Å²) >= 11 is 5.35. The fraction of sp³-hybridized carbons (Fsp3) is 0.0455. The van der Waals surface area contributed by atoms with Gasteiger partial charge in [-0.15, -0.1) is 0 Å². The predicted octanol–water partition coefficient (Wildman–Crippen LogP) is 4.52. The van der Waals surface area contributed by atoms with Crippen LogP contribution in [0, 0.1) is 0 Å². The first-order valence-corrected chi connectivity index (χ1v) is 9.09. The van der Waals surface area contributed by atoms with Gasteiger partial charge < -0.3 is 10.1 Å². The van der Waals surface area contributed by atoms with Crippen molar-refractivity contribution in [3.05, 3.63) is 78.5 Å². The first kappa shape index (κ1) is 17.9. The van der Waals surface area contributed by atoms with Gasteiger partial charge in [0.05, 0.1) is 18.2 Å². The van der Waals surface area contributed by atoms with Crippen LogP contribution in [0.2, 0.25) is 0 Å². The third-order valence-corrected chi connectivity index (χ3v) is 4.64. The molecule has 0 aliphatic heterocycles. The van der Waals surface area contributed by atoms with E-state index in [9.17, 15) is 4.79 Å². The summed E-state index contributed by atoms with van der Waals surface area (Å²) < 4.78 is 5.40. The van der Waals surface area contributed by atoms with Crippen molar-refractivity contribution in [2.24, 2.45) is 0 Å². The van der Waals surface area contributed by atoms with Crippen LogP contribution in [-0.4, -0.2) is 23.1 Å². The van der Waals surface area contributed by atoms with Crippen molar-refractivity contribution in [1.29, 1.82) is 0 Å². The fourth-order valence-electron chi connectivity index (χ4n) is 3.10. The zero-order valence-corrected chi connectivity index (χ0v) is 15.9. The van der Waals surface area contributed by atoms with Gasteiger partial charge in [-0.2, -0.15) is 0 Å². The third kappa shape index (κ3) is 3.50. The summed E-state index contributed by atoms with van der Waals surface area (Å²) in [6.07, 6.45) is 1.73. The van der Waals surface area contributed by atoms with E-state index in [1.807, 2.05) is 60.7 Å². The molecular weight excluding hydrogens is 370 g/mol. The van der Waals surface area contributed by atoms with E-state index in [2.05, 4.69) is 15.6 Å². The van der Waals surface area contributed by atoms with Crippen molar-refractivity contribution in [3.8, 4) is 5.75 Å². The summed E-state index contributed by atoms with van der Waals surface area (Å²) in [4.78, 5) is 17.1. The molecule has 5 nitrogen and oxygen atoms in total. The van der Waals surface area contributed by atoms with Crippen LogP contribution in [0.25, 0.3) is 21.7 Å². The van der Waals surface area contributed by atoms with Crippen LogP contribution in [-0.2, 0) is 0 Å². The molecule has 0 spiro atoms. The maximum atomic E-state index is 12.8. The quantitative estimate of drug-likeness (QED) is 0.506. The van der Waals surface area contributed by atoms with Gasteiger partial charge in [-0.25, -0.2) is 0 Å². The number of nitrogens with zero attached hydrogens (tertiary/aromatic N) is 1. The minimum atomic E-state index is -0.335. The lowest BCUT2D eigenvalue weighted by Gasteiger charge is -2.13. The number of pyridine rings is 1. The number of hydrogen-bond donors (Lipinski definition) is 2. The van der Waals surface area contributed by atoms with Crippen LogP contribution in [0.4, 0.5) is 5.69 Å². The third-order valence-electron chi connectivity index (χ3n) is 4.43. The molecule has 1 amide bonds. The minimum Gasteiger partial charge on any atom is -0.496 e. The fourth-order valence-corrected chi connectivity index (χ4v) is 3.30. The van der Waals surface area contributed by atoms with Crippen LogP contribution in [0.15, 0.2) is 72.9 Å². The molecule has 0 aliphatic rings. The molecule has 1 aromatic heterocycles. The molecule has 4 aromatic rings. The van der Waals surface area contributed by atoms with E-state index >= 15 is 0 Å². The standard InChI is InChI=1S/C22H17N3O2S/c1-27-20-13-15-7-3-2-6-14(15)12-17(20)21(26)25-22(28)24-19-10-4-9-18-16(19)8-5-11-23-18/h2-13H,1H3,(H2,24,25,26,28). The van der Waals surface area contributed by atoms with Crippen molar-refractivity contribution < 1.29 is 9.53 Å². The Morgan fingerprint density at radius 1 is 1.00 bits per heavy atom. The molecule has 3 aromatic carbocycles. The van der Waals surface area contributed by atoms with Gasteiger partial charge in [0.2, 0.25) is 0 Å². The molecule has 0 saturated heterocycles. The van der Waals surface area contributed by atoms with Crippen molar-refractivity contribution in [3.63, 3.8) is 0 Å². The number of nitrogens with one attached hydrogen (secondary N) is 2. The zero-order chi connectivity index (χ0) is 19.5. The highest BCUT2D eigenvalue weighted by Crippen LogP contribution is 2.26. The normalized spacial score (nSPS) is 10.6. The largest absolute Gasteiger partial charge is 0.496 e. The van der Waals surface area contributed by atoms with Gasteiger partial charge in [0, 0.05) is 17.3 Å². The van der Waals surface area contributed by atoms with Crippen LogP contribution >= 0.6 is 12.2 Å². The Morgan fingerprint density at radius 2 is 1.79 bits per heavy atom. The summed E-state index contributed by atoms with van der Waals surface area (Å²) in [6.45, 7) is 0. The van der Waals surface area contributed by atoms with Crippen molar-refractivity contribution >= 4 is 50.6 Å². The lowest BCUT2D eigenvalue weighted by Crippen LogP contribution is -2.34. The number of thiocarbonyl (C=S) groups is 1. The summed E-state index contributed by atoms with van der Waals surface area (Å²) in [5.74, 6) is 0.159. The SMILES string of the molecule is COc1cc2ccccc2cc1C(=O)NC(=S)Nc1cccc2ncccc12. The number of hydrogen-bond acceptors (Lipinski definition) is 4. The Balaban J connectivity index is 1.58. The van der Waals surface area contributed by atoms with E-state index in [0.717, 1.165) is 27.4 Å². The summed E-state index contributed by atoms with van der Waals surface area (Å²) in [7, 11) is 1.54. The number of ether oxygens (including phenoxy) is 1. The number of carbonyl (C=O) groups is 1. The number of aromatic nitrogens is 1. The number of amides is 1. The van der Waals surface area contributed by atoms with Crippen molar-refractivity contribution in [1.82, 2.24) is 10.3 Å². The molecule has 28 heavy (non-hydrogen) atoms. The first-order chi connectivity index (χ1) is 13.7. The van der Waals surface area contributed by atoms with Gasteiger partial charge in [-0.3, -0.25) is 15.1 Å². The number of carbonyl (C=O) groups excluding carboxylic acids is 1. The summed E-state index contributed by atoms with van der Waals surface area (Å²) in [5, 5.41) is 8.89. The second kappa shape index (κ2) is 7.62. The Kier molecular flexibility index (Phi) is 4.87. The van der Waals surface area contributed by atoms with Crippen LogP contribution in [0.1, 0.15) is 10.4 Å². The highest BCUT2D eigenvalue weighted by molar-refractivity contribution is 7.80. The molecule has 0 aliphatic carbocycles. The maximum Gasteiger partial charge on any atom is 0.261 e. The van der Waals surface area contributed by atoms with E-state index in [4.69, 9.17) is 17.0 Å². The molecule has 6 heteroatoms. The lowest BCUT2D eigenvalue weighted by atomic mass is 10.1. The molecular formula is C22H17N3O2S. The maximum absolute atomic E-state index is 12.8. The van der Waals surface area contributed by atoms with Gasteiger partial charge in [0.15, 0.2) is 5.11 Å². The molecule has 0 saturated carbocycles. The summed E-state index contributed by atoms with van der Waals surface area (Å²) in [6, 6.07) is 20.9. The molecule has 0 radical (unpaired) electrons. The molecule has 138 valence electrons. The summed E-state index contributed by atoms with van der Waals surface area (Å²) in [5.41, 5.74) is 2.05. The minimum absolute atomic E-state index is 0.205. The Hall–Kier alpha value is -3.51. The van der Waals surface area contributed by atoms with E-state index in [0.29, 0.717) is 11.3 Å². The van der Waals surface area contributed by atoms with Crippen LogP contribution < -0.4 is 15.4 Å².